The van der Waals surface area contributed by atoms with E-state index in [1.807, 2.05) is 0 Å². The number of carbonyl (C=O) groups is 2. The van der Waals surface area contributed by atoms with Crippen molar-refractivity contribution >= 4 is 23.6 Å². The lowest BCUT2D eigenvalue weighted by atomic mass is 10.2. The zero-order chi connectivity index (χ0) is 21.4. The molecule has 0 atom stereocenters. The summed E-state index contributed by atoms with van der Waals surface area (Å²) in [5.41, 5.74) is 5.05. The molecule has 0 spiro atoms. The van der Waals surface area contributed by atoms with Crippen molar-refractivity contribution in [3.8, 4) is 0 Å². The molecule has 0 aliphatic carbocycles. The molecule has 0 saturated carbocycles. The number of amides is 2. The zero-order valence-electron chi connectivity index (χ0n) is 17.9. The van der Waals surface area contributed by atoms with Gasteiger partial charge in [0.25, 0.3) is 0 Å². The van der Waals surface area contributed by atoms with Gasteiger partial charge in [-0.1, -0.05) is 67.7 Å². The highest BCUT2D eigenvalue weighted by Gasteiger charge is 2.00. The second-order valence-corrected chi connectivity index (χ2v) is 7.57. The van der Waals surface area contributed by atoms with Gasteiger partial charge in [0.2, 0.25) is 11.8 Å². The Kier molecular flexibility index (Phi) is 20.7. The van der Waals surface area contributed by atoms with Crippen LogP contribution in [0.25, 0.3) is 0 Å². The second kappa shape index (κ2) is 22.3. The van der Waals surface area contributed by atoms with Gasteiger partial charge in [0.15, 0.2) is 0 Å². The van der Waals surface area contributed by atoms with E-state index in [2.05, 4.69) is 73.0 Å². The van der Waals surface area contributed by atoms with Crippen LogP contribution < -0.4 is 11.1 Å². The smallest absolute Gasteiger partial charge is 0.227 e. The third-order valence-electron chi connectivity index (χ3n) is 3.75. The summed E-state index contributed by atoms with van der Waals surface area (Å²) >= 11 is 1.44. The van der Waals surface area contributed by atoms with Crippen molar-refractivity contribution in [3.05, 3.63) is 60.8 Å². The minimum Gasteiger partial charge on any atom is -0.369 e. The number of unbranched alkanes of at least 4 members (excludes halogenated alkanes) is 1. The molecular weight excluding hydrogens is 380 g/mol. The minimum absolute atomic E-state index is 0.0667. The average Bonchev–Trinajstić information content (AvgIpc) is 2.69. The number of primary amides is 1. The van der Waals surface area contributed by atoms with Crippen molar-refractivity contribution in [1.29, 1.82) is 0 Å². The Bertz CT molecular complexity index is 563. The van der Waals surface area contributed by atoms with Crippen LogP contribution in [-0.2, 0) is 9.59 Å². The van der Waals surface area contributed by atoms with Crippen LogP contribution in [-0.4, -0.2) is 29.9 Å². The van der Waals surface area contributed by atoms with Crippen molar-refractivity contribution in [2.24, 2.45) is 5.73 Å². The first-order chi connectivity index (χ1) is 14.2. The van der Waals surface area contributed by atoms with Crippen LogP contribution >= 0.6 is 11.8 Å². The van der Waals surface area contributed by atoms with E-state index in [0.29, 0.717) is 24.5 Å². The van der Waals surface area contributed by atoms with Gasteiger partial charge in [0.1, 0.15) is 0 Å². The number of thioether (sulfide) groups is 1. The lowest BCUT2D eigenvalue weighted by molar-refractivity contribution is -0.121. The summed E-state index contributed by atoms with van der Waals surface area (Å²) in [6.45, 7) is 2.73. The molecule has 0 heterocycles. The summed E-state index contributed by atoms with van der Waals surface area (Å²) in [5, 5.41) is 2.85. The summed E-state index contributed by atoms with van der Waals surface area (Å²) in [4.78, 5) is 22.2. The maximum Gasteiger partial charge on any atom is 0.227 e. The summed E-state index contributed by atoms with van der Waals surface area (Å²) in [5.74, 6) is 0.763. The van der Waals surface area contributed by atoms with E-state index in [0.717, 1.165) is 44.9 Å². The van der Waals surface area contributed by atoms with Crippen LogP contribution in [0.4, 0.5) is 0 Å². The number of hydrogen-bond donors (Lipinski definition) is 2. The first-order valence-corrected chi connectivity index (χ1v) is 11.7. The standard InChI is InChI=1S/C24H38N2O2S/c1-2-3-4-5-6-7-8-9-10-11-12-13-14-15-16-17-18-19-24(28)26-20-21-29-22-23(25)27/h3-4,6-7,9-10,12-13,15-16H,2,5,8,11,14,17-22H2,1H3,(H2,25,27)(H,26,28)/b4-3-,7-6-,10-9-,13-12-,16-15-. The second-order valence-electron chi connectivity index (χ2n) is 6.47. The van der Waals surface area contributed by atoms with E-state index in [1.165, 1.54) is 11.8 Å². The molecule has 162 valence electrons. The van der Waals surface area contributed by atoms with Gasteiger partial charge in [-0.25, -0.2) is 0 Å². The van der Waals surface area contributed by atoms with Gasteiger partial charge in [0.05, 0.1) is 5.75 Å². The highest BCUT2D eigenvalue weighted by Crippen LogP contribution is 2.00. The van der Waals surface area contributed by atoms with Gasteiger partial charge < -0.3 is 11.1 Å². The van der Waals surface area contributed by atoms with Gasteiger partial charge in [-0.2, -0.15) is 11.8 Å². The summed E-state index contributed by atoms with van der Waals surface area (Å²) < 4.78 is 0. The third kappa shape index (κ3) is 24.0. The lowest BCUT2D eigenvalue weighted by Gasteiger charge is -2.03. The van der Waals surface area contributed by atoms with Gasteiger partial charge in [-0.15, -0.1) is 0 Å². The Morgan fingerprint density at radius 3 is 1.86 bits per heavy atom. The molecule has 29 heavy (non-hydrogen) atoms. The molecule has 0 unspecified atom stereocenters. The molecule has 3 N–H and O–H groups in total. The number of nitrogens with one attached hydrogen (secondary N) is 1. The summed E-state index contributed by atoms with van der Waals surface area (Å²) in [7, 11) is 0. The van der Waals surface area contributed by atoms with E-state index < -0.39 is 0 Å². The first kappa shape index (κ1) is 27.0. The van der Waals surface area contributed by atoms with Crippen molar-refractivity contribution in [2.75, 3.05) is 18.1 Å². The van der Waals surface area contributed by atoms with Crippen LogP contribution in [0, 0.1) is 0 Å². The monoisotopic (exact) mass is 418 g/mol. The van der Waals surface area contributed by atoms with Crippen molar-refractivity contribution in [3.63, 3.8) is 0 Å². The first-order valence-electron chi connectivity index (χ1n) is 10.5. The normalized spacial score (nSPS) is 12.3. The predicted molar refractivity (Wildman–Crippen MR) is 128 cm³/mol. The quantitative estimate of drug-likeness (QED) is 0.236. The highest BCUT2D eigenvalue weighted by atomic mass is 32.2. The molecule has 0 aliphatic heterocycles. The van der Waals surface area contributed by atoms with Gasteiger partial charge in [0, 0.05) is 18.7 Å². The van der Waals surface area contributed by atoms with Crippen molar-refractivity contribution < 1.29 is 9.59 Å². The fraction of sp³-hybridized carbons (Fsp3) is 0.500. The van der Waals surface area contributed by atoms with Crippen LogP contribution in [0.1, 0.15) is 58.3 Å². The van der Waals surface area contributed by atoms with Crippen molar-refractivity contribution in [2.45, 2.75) is 58.3 Å². The number of rotatable bonds is 18. The van der Waals surface area contributed by atoms with E-state index in [1.54, 1.807) is 0 Å². The molecule has 0 aromatic heterocycles. The molecule has 0 fully saturated rings. The van der Waals surface area contributed by atoms with Crippen LogP contribution in [0.5, 0.6) is 0 Å². The largest absolute Gasteiger partial charge is 0.369 e. The van der Waals surface area contributed by atoms with Crippen LogP contribution in [0.3, 0.4) is 0 Å². The molecule has 0 aromatic carbocycles. The molecule has 0 saturated heterocycles. The maximum absolute atomic E-state index is 11.6. The Hall–Kier alpha value is -2.01. The molecule has 2 amide bonds. The number of nitrogens with two attached hydrogens (primary N) is 1. The van der Waals surface area contributed by atoms with E-state index in [4.69, 9.17) is 5.73 Å². The van der Waals surface area contributed by atoms with Gasteiger partial charge >= 0.3 is 0 Å². The van der Waals surface area contributed by atoms with Crippen LogP contribution in [0.15, 0.2) is 60.8 Å². The molecule has 5 heteroatoms. The van der Waals surface area contributed by atoms with E-state index in [9.17, 15) is 9.59 Å². The van der Waals surface area contributed by atoms with Crippen LogP contribution in [0.2, 0.25) is 0 Å². The number of allylic oxidation sites excluding steroid dienone is 10. The number of hydrogen-bond acceptors (Lipinski definition) is 3. The summed E-state index contributed by atoms with van der Waals surface area (Å²) in [6, 6.07) is 0. The van der Waals surface area contributed by atoms with Gasteiger partial charge in [-0.05, 0) is 44.9 Å². The van der Waals surface area contributed by atoms with Crippen molar-refractivity contribution in [1.82, 2.24) is 5.32 Å². The fourth-order valence-corrected chi connectivity index (χ4v) is 2.86. The Labute approximate surface area is 181 Å². The number of carbonyl (C=O) groups excluding carboxylic acids is 2. The molecule has 0 bridgehead atoms. The molecule has 0 aliphatic rings. The maximum atomic E-state index is 11.6. The van der Waals surface area contributed by atoms with E-state index >= 15 is 0 Å². The topological polar surface area (TPSA) is 72.2 Å². The Morgan fingerprint density at radius 1 is 0.828 bits per heavy atom. The molecular formula is C24H38N2O2S. The molecule has 0 radical (unpaired) electrons. The zero-order valence-corrected chi connectivity index (χ0v) is 18.7. The fourth-order valence-electron chi connectivity index (χ4n) is 2.27. The third-order valence-corrected chi connectivity index (χ3v) is 4.73. The molecule has 4 nitrogen and oxygen atoms in total. The molecule has 0 rings (SSSR count). The molecule has 0 aromatic rings. The summed E-state index contributed by atoms with van der Waals surface area (Å²) in [6.07, 6.45) is 29.1. The highest BCUT2D eigenvalue weighted by molar-refractivity contribution is 7.99. The SMILES string of the molecule is CC/C=C\C/C=C\C/C=C\C/C=C\C/C=C\CCCC(=O)NCCSCC(N)=O. The predicted octanol–water partition coefficient (Wildman–Crippen LogP) is 5.24. The van der Waals surface area contributed by atoms with Gasteiger partial charge in [-0.3, -0.25) is 9.59 Å². The average molecular weight is 419 g/mol. The Morgan fingerprint density at radius 2 is 1.34 bits per heavy atom. The minimum atomic E-state index is -0.321. The lowest BCUT2D eigenvalue weighted by Crippen LogP contribution is -2.26. The van der Waals surface area contributed by atoms with E-state index in [-0.39, 0.29) is 11.8 Å². The Balaban J connectivity index is 3.50.